The van der Waals surface area contributed by atoms with Crippen molar-refractivity contribution in [2.75, 3.05) is 11.1 Å². The third-order valence-corrected chi connectivity index (χ3v) is 10.7. The molecule has 0 fully saturated rings. The van der Waals surface area contributed by atoms with Gasteiger partial charge in [0.25, 0.3) is 0 Å². The van der Waals surface area contributed by atoms with Crippen LogP contribution in [-0.2, 0) is 9.47 Å². The molecule has 4 aromatic rings. The Morgan fingerprint density at radius 3 is 1.27 bits per heavy atom. The minimum Gasteiger partial charge on any atom is -0.494 e. The van der Waals surface area contributed by atoms with Crippen molar-refractivity contribution in [3.8, 4) is 22.3 Å². The molecule has 0 unspecified atom stereocenters. The zero-order valence-electron chi connectivity index (χ0n) is 27.8. The van der Waals surface area contributed by atoms with Gasteiger partial charge in [0, 0.05) is 26.7 Å². The fourth-order valence-electron chi connectivity index (χ4n) is 4.63. The smallest absolute Gasteiger partial charge is 0.113 e. The van der Waals surface area contributed by atoms with Gasteiger partial charge >= 0.3 is 0 Å². The summed E-state index contributed by atoms with van der Waals surface area (Å²) in [5.41, 5.74) is 13.3. The van der Waals surface area contributed by atoms with Crippen molar-refractivity contribution in [2.45, 2.75) is 66.6 Å². The molecular weight excluding hydrogens is 620 g/mol. The molecule has 0 saturated carbocycles. The molecule has 0 spiro atoms. The maximum atomic E-state index is 5.81. The van der Waals surface area contributed by atoms with Gasteiger partial charge in [-0.1, -0.05) is 129 Å². The fourth-order valence-corrected chi connectivity index (χ4v) is 5.20. The zero-order chi connectivity index (χ0) is 32.9. The van der Waals surface area contributed by atoms with Crippen molar-refractivity contribution in [2.24, 2.45) is 10.8 Å². The van der Waals surface area contributed by atoms with Crippen molar-refractivity contribution in [1.82, 2.24) is 0 Å². The maximum Gasteiger partial charge on any atom is 0.113 e. The van der Waals surface area contributed by atoms with Gasteiger partial charge in [-0.3, -0.25) is 0 Å². The van der Waals surface area contributed by atoms with Crippen molar-refractivity contribution in [3.05, 3.63) is 132 Å². The number of rotatable bonds is 4. The quantitative estimate of drug-likeness (QED) is 0.213. The normalized spacial score (nSPS) is 18.0. The Morgan fingerprint density at radius 1 is 0.511 bits per heavy atom. The summed E-state index contributed by atoms with van der Waals surface area (Å²) in [5.74, 6) is 0. The van der Waals surface area contributed by atoms with E-state index < -0.39 is 0 Å². The van der Waals surface area contributed by atoms with Crippen LogP contribution in [0.2, 0.25) is 0 Å². The largest absolute Gasteiger partial charge is 0.494 e. The lowest BCUT2D eigenvalue weighted by Crippen LogP contribution is -2.38. The van der Waals surface area contributed by atoms with Crippen molar-refractivity contribution >= 4 is 27.3 Å². The molecule has 0 saturated heterocycles. The first-order valence-electron chi connectivity index (χ1n) is 15.4. The third kappa shape index (κ3) is 7.83. The Kier molecular flexibility index (Phi) is 10.2. The summed E-state index contributed by atoms with van der Waals surface area (Å²) >= 11 is 3.47. The number of benzene rings is 4. The molecule has 0 aromatic heterocycles. The van der Waals surface area contributed by atoms with Crippen LogP contribution in [0.5, 0.6) is 0 Å². The van der Waals surface area contributed by atoms with Gasteiger partial charge in [-0.2, -0.15) is 0 Å². The van der Waals surface area contributed by atoms with Gasteiger partial charge in [0.2, 0.25) is 0 Å². The molecule has 2 aliphatic rings. The van der Waals surface area contributed by atoms with E-state index in [2.05, 4.69) is 137 Å². The predicted octanol–water partition coefficient (Wildman–Crippen LogP) is 11.4. The lowest BCUT2D eigenvalue weighted by Gasteiger charge is -2.35. The molecule has 236 valence electrons. The molecule has 2 aliphatic heterocycles. The van der Waals surface area contributed by atoms with E-state index in [9.17, 15) is 0 Å². The SMILES string of the molecule is CC1(C)OC=C(Br)C1(C)C.CC1(C)OC=C(Nc2ccc(-c3ccccc3)cc2)C1(C)C.Nc1ccc(-c2ccccc2)cc1. The van der Waals surface area contributed by atoms with Crippen LogP contribution in [0.3, 0.4) is 0 Å². The highest BCUT2D eigenvalue weighted by molar-refractivity contribution is 9.11. The van der Waals surface area contributed by atoms with Crippen LogP contribution < -0.4 is 11.1 Å². The second-order valence-corrected chi connectivity index (χ2v) is 14.4. The molecule has 6 rings (SSSR count). The fraction of sp³-hybridized carbons (Fsp3) is 0.300. The first-order chi connectivity index (χ1) is 21.1. The van der Waals surface area contributed by atoms with Gasteiger partial charge < -0.3 is 20.5 Å². The number of hydrogen-bond donors (Lipinski definition) is 2. The number of halogens is 1. The maximum absolute atomic E-state index is 5.81. The molecule has 0 bridgehead atoms. The minimum atomic E-state index is -0.195. The molecule has 3 N–H and O–H groups in total. The number of hydrogen-bond acceptors (Lipinski definition) is 4. The van der Waals surface area contributed by atoms with Gasteiger partial charge in [0.05, 0.1) is 12.0 Å². The van der Waals surface area contributed by atoms with E-state index in [0.29, 0.717) is 0 Å². The number of nitrogens with two attached hydrogens (primary N) is 1. The van der Waals surface area contributed by atoms with Gasteiger partial charge in [-0.15, -0.1) is 0 Å². The highest BCUT2D eigenvalue weighted by Gasteiger charge is 2.46. The van der Waals surface area contributed by atoms with Crippen LogP contribution in [0, 0.1) is 10.8 Å². The molecule has 0 atom stereocenters. The van der Waals surface area contributed by atoms with E-state index in [-0.39, 0.29) is 22.0 Å². The van der Waals surface area contributed by atoms with Crippen LogP contribution in [0.15, 0.2) is 132 Å². The third-order valence-electron chi connectivity index (χ3n) is 9.50. The average Bonchev–Trinajstić information content (AvgIpc) is 3.35. The summed E-state index contributed by atoms with van der Waals surface area (Å²) in [6.45, 7) is 17.2. The molecule has 0 radical (unpaired) electrons. The lowest BCUT2D eigenvalue weighted by molar-refractivity contribution is 0.00531. The van der Waals surface area contributed by atoms with E-state index in [4.69, 9.17) is 15.2 Å². The van der Waals surface area contributed by atoms with Gasteiger partial charge in [0.15, 0.2) is 0 Å². The number of anilines is 2. The summed E-state index contributed by atoms with van der Waals surface area (Å²) in [5, 5.41) is 3.50. The standard InChI is InChI=1S/C20H23NO.C12H11N.C8H13BrO/c1-19(2)18(14-22-20(19,3)4)21-17-12-10-16(11-13-17)15-8-6-5-7-9-15;13-12-8-6-11(7-9-12)10-4-2-1-3-5-10;1-7(2)6(9)5-10-8(7,3)4/h5-14,21H,1-4H3;1-9H,13H2;5H,1-4H3. The first kappa shape index (κ1) is 33.9. The van der Waals surface area contributed by atoms with E-state index in [0.717, 1.165) is 21.6 Å². The molecule has 4 nitrogen and oxygen atoms in total. The molecule has 0 amide bonds. The predicted molar refractivity (Wildman–Crippen MR) is 195 cm³/mol. The van der Waals surface area contributed by atoms with Gasteiger partial charge in [-0.05, 0) is 74.2 Å². The van der Waals surface area contributed by atoms with Crippen molar-refractivity contribution < 1.29 is 9.47 Å². The summed E-state index contributed by atoms with van der Waals surface area (Å²) in [7, 11) is 0. The Morgan fingerprint density at radius 2 is 0.911 bits per heavy atom. The molecule has 2 heterocycles. The Bertz CT molecular complexity index is 1600. The molecule has 45 heavy (non-hydrogen) atoms. The van der Waals surface area contributed by atoms with Crippen LogP contribution in [0.4, 0.5) is 11.4 Å². The van der Waals surface area contributed by atoms with E-state index in [1.165, 1.54) is 22.3 Å². The summed E-state index contributed by atoms with van der Waals surface area (Å²) in [4.78, 5) is 0. The van der Waals surface area contributed by atoms with Crippen molar-refractivity contribution in [1.29, 1.82) is 0 Å². The highest BCUT2D eigenvalue weighted by atomic mass is 79.9. The minimum absolute atomic E-state index is 0.0505. The average molecular weight is 668 g/mol. The monoisotopic (exact) mass is 666 g/mol. The lowest BCUT2D eigenvalue weighted by atomic mass is 9.76. The molecule has 5 heteroatoms. The van der Waals surface area contributed by atoms with Crippen LogP contribution >= 0.6 is 15.9 Å². The number of nitrogens with one attached hydrogen (secondary N) is 1. The number of nitrogen functional groups attached to an aromatic ring is 1. The summed E-state index contributed by atoms with van der Waals surface area (Å²) in [6.07, 6.45) is 3.64. The molecule has 0 aliphatic carbocycles. The van der Waals surface area contributed by atoms with Crippen LogP contribution in [-0.4, -0.2) is 11.2 Å². The van der Waals surface area contributed by atoms with Crippen molar-refractivity contribution in [3.63, 3.8) is 0 Å². The highest BCUT2D eigenvalue weighted by Crippen LogP contribution is 2.48. The van der Waals surface area contributed by atoms with Crippen LogP contribution in [0.25, 0.3) is 22.3 Å². The zero-order valence-corrected chi connectivity index (χ0v) is 29.4. The summed E-state index contributed by atoms with van der Waals surface area (Å²) < 4.78 is 12.4. The Hall–Kier alpha value is -3.96. The van der Waals surface area contributed by atoms with Gasteiger partial charge in [-0.25, -0.2) is 0 Å². The van der Waals surface area contributed by atoms with E-state index in [1.807, 2.05) is 54.8 Å². The Labute approximate surface area is 278 Å². The number of ether oxygens (including phenoxy) is 2. The van der Waals surface area contributed by atoms with E-state index in [1.54, 1.807) is 6.26 Å². The second kappa shape index (κ2) is 13.6. The van der Waals surface area contributed by atoms with Gasteiger partial charge in [0.1, 0.15) is 17.5 Å². The Balaban J connectivity index is 0.000000170. The molecular formula is C40H47BrN2O2. The summed E-state index contributed by atoms with van der Waals surface area (Å²) in [6, 6.07) is 37.1. The van der Waals surface area contributed by atoms with E-state index >= 15 is 0 Å². The topological polar surface area (TPSA) is 56.5 Å². The van der Waals surface area contributed by atoms with Crippen LogP contribution in [0.1, 0.15) is 55.4 Å². The second-order valence-electron chi connectivity index (χ2n) is 13.6. The molecule has 4 aromatic carbocycles. The first-order valence-corrected chi connectivity index (χ1v) is 16.2.